The fourth-order valence-corrected chi connectivity index (χ4v) is 9.72. The molecule has 0 aliphatic carbocycles. The lowest BCUT2D eigenvalue weighted by atomic mass is 10.1. The fraction of sp³-hybridized carbons (Fsp3) is 0.778. The third kappa shape index (κ3) is 12.4. The smallest absolute Gasteiger partial charge is 0.500 e. The lowest BCUT2D eigenvalue weighted by Crippen LogP contribution is -2.47. The third-order valence-corrected chi connectivity index (χ3v) is 12.1. The molecule has 0 aliphatic rings. The Morgan fingerprint density at radius 2 is 1.19 bits per heavy atom. The van der Waals surface area contributed by atoms with Crippen LogP contribution in [0.5, 0.6) is 0 Å². The minimum Gasteiger partial charge on any atom is -0.525 e. The summed E-state index contributed by atoms with van der Waals surface area (Å²) < 4.78 is 42.9. The van der Waals surface area contributed by atoms with Crippen molar-refractivity contribution in [1.82, 2.24) is 4.90 Å². The molecule has 8 nitrogen and oxygen atoms in total. The quantitative estimate of drug-likeness (QED) is 0.115. The highest BCUT2D eigenvalue weighted by atomic mass is 28.4. The van der Waals surface area contributed by atoms with Crippen molar-refractivity contribution >= 4 is 17.6 Å². The van der Waals surface area contributed by atoms with E-state index in [9.17, 15) is 0 Å². The molecule has 0 saturated carbocycles. The van der Waals surface area contributed by atoms with Crippen molar-refractivity contribution in [1.29, 1.82) is 0 Å². The van der Waals surface area contributed by atoms with Crippen LogP contribution in [-0.2, 0) is 31.3 Å². The number of hydrogen-bond donors (Lipinski definition) is 0. The van der Waals surface area contributed by atoms with Gasteiger partial charge in [-0.2, -0.15) is 0 Å². The average molecular weight is 560 g/mol. The number of hydrogen-bond acceptors (Lipinski definition) is 8. The van der Waals surface area contributed by atoms with E-state index in [2.05, 4.69) is 29.2 Å². The Balaban J connectivity index is 3.07. The molecule has 1 aromatic rings. The predicted octanol–water partition coefficient (Wildman–Crippen LogP) is 5.90. The van der Waals surface area contributed by atoms with E-state index in [1.807, 2.05) is 54.5 Å². The second kappa shape index (κ2) is 20.3. The van der Waals surface area contributed by atoms with Crippen LogP contribution in [0.3, 0.4) is 0 Å². The van der Waals surface area contributed by atoms with Crippen LogP contribution in [-0.4, -0.2) is 81.8 Å². The second-order valence-electron chi connectivity index (χ2n) is 8.43. The van der Waals surface area contributed by atoms with Crippen LogP contribution in [0.2, 0.25) is 12.1 Å². The van der Waals surface area contributed by atoms with Gasteiger partial charge in [0.05, 0.1) is 0 Å². The molecule has 0 N–H and O–H groups in total. The predicted molar refractivity (Wildman–Crippen MR) is 152 cm³/mol. The first kappa shape index (κ1) is 34.4. The van der Waals surface area contributed by atoms with Crippen LogP contribution in [0, 0.1) is 0 Å². The van der Waals surface area contributed by atoms with Crippen molar-refractivity contribution in [2.24, 2.45) is 0 Å². The molecule has 0 heterocycles. The zero-order valence-corrected chi connectivity index (χ0v) is 26.5. The highest BCUT2D eigenvalue weighted by molar-refractivity contribution is 6.61. The molecule has 10 heteroatoms. The Morgan fingerprint density at radius 1 is 0.676 bits per heavy atom. The van der Waals surface area contributed by atoms with Gasteiger partial charge in [-0.05, 0) is 67.0 Å². The number of nitrogens with zero attached hydrogens (tertiary/aromatic N) is 1. The van der Waals surface area contributed by atoms with Gasteiger partial charge in [-0.25, -0.2) is 0 Å². The van der Waals surface area contributed by atoms with Gasteiger partial charge in [0.15, 0.2) is 0 Å². The summed E-state index contributed by atoms with van der Waals surface area (Å²) in [5, 5.41) is 0. The van der Waals surface area contributed by atoms with E-state index in [0.717, 1.165) is 43.6 Å². The van der Waals surface area contributed by atoms with E-state index in [-0.39, 0.29) is 6.23 Å². The van der Waals surface area contributed by atoms with Gasteiger partial charge < -0.3 is 31.3 Å². The summed E-state index contributed by atoms with van der Waals surface area (Å²) >= 11 is 0. The maximum absolute atomic E-state index is 6.30. The minimum absolute atomic E-state index is 0.143. The SMILES string of the molecule is CCOC(c1ccccc1)N(CCC[Si](OCC)(OCC)OCC)CCC[Si-](OCC)(OCC)OCC. The number of ether oxygens (including phenoxy) is 1. The van der Waals surface area contributed by atoms with E-state index in [1.165, 1.54) is 0 Å². The maximum Gasteiger partial charge on any atom is 0.500 e. The Labute approximate surface area is 228 Å². The van der Waals surface area contributed by atoms with Gasteiger partial charge in [0.2, 0.25) is 0 Å². The second-order valence-corrected chi connectivity index (χ2v) is 13.9. The molecule has 1 unspecified atom stereocenters. The van der Waals surface area contributed by atoms with E-state index in [1.54, 1.807) is 0 Å². The molecule has 0 saturated heterocycles. The Kier molecular flexibility index (Phi) is 18.8. The van der Waals surface area contributed by atoms with Crippen molar-refractivity contribution in [3.05, 3.63) is 35.9 Å². The first-order valence-electron chi connectivity index (χ1n) is 14.2. The van der Waals surface area contributed by atoms with E-state index >= 15 is 0 Å². The van der Waals surface area contributed by atoms with Crippen molar-refractivity contribution in [3.63, 3.8) is 0 Å². The van der Waals surface area contributed by atoms with Crippen molar-refractivity contribution in [2.45, 2.75) is 79.6 Å². The molecule has 0 amide bonds. The van der Waals surface area contributed by atoms with Crippen LogP contribution in [0.25, 0.3) is 0 Å². The van der Waals surface area contributed by atoms with E-state index in [4.69, 9.17) is 31.3 Å². The molecule has 1 atom stereocenters. The largest absolute Gasteiger partial charge is 0.525 e. The van der Waals surface area contributed by atoms with Gasteiger partial charge in [-0.15, -0.1) is 0 Å². The standard InChI is InChI=1S/C27H53NO7Si2/c1-8-29-27(26-20-16-15-17-21-26)28(22-18-24-36(30-9-2,31-10-3)32-11-4)23-19-25-37(33-12-5,34-13-6)35-14-7/h15-17,20-21,27H,8-14,18-19,22-25H2,1-7H3/q-1. The summed E-state index contributed by atoms with van der Waals surface area (Å²) in [5.41, 5.74) is 1.15. The lowest BCUT2D eigenvalue weighted by Gasteiger charge is -2.43. The summed E-state index contributed by atoms with van der Waals surface area (Å²) in [6.07, 6.45) is 1.62. The van der Waals surface area contributed by atoms with Gasteiger partial charge in [0.1, 0.15) is 6.23 Å². The monoisotopic (exact) mass is 559 g/mol. The fourth-order valence-electron chi connectivity index (χ4n) is 4.53. The first-order valence-corrected chi connectivity index (χ1v) is 18.1. The average Bonchev–Trinajstić information content (AvgIpc) is 2.88. The molecule has 0 aliphatic heterocycles. The minimum atomic E-state index is -2.71. The van der Waals surface area contributed by atoms with Crippen LogP contribution < -0.4 is 0 Å². The molecule has 0 aromatic heterocycles. The summed E-state index contributed by atoms with van der Waals surface area (Å²) in [5.74, 6) is 0. The molecule has 1 aromatic carbocycles. The summed E-state index contributed by atoms with van der Waals surface area (Å²) in [7, 11) is -5.42. The molecule has 0 bridgehead atoms. The Hall–Kier alpha value is -0.666. The lowest BCUT2D eigenvalue weighted by molar-refractivity contribution is -0.0589. The van der Waals surface area contributed by atoms with Gasteiger partial charge in [0, 0.05) is 58.8 Å². The highest BCUT2D eigenvalue weighted by Gasteiger charge is 2.40. The van der Waals surface area contributed by atoms with Gasteiger partial charge in [-0.1, -0.05) is 42.8 Å². The van der Waals surface area contributed by atoms with Gasteiger partial charge in [0.25, 0.3) is 8.80 Å². The zero-order chi connectivity index (χ0) is 27.4. The third-order valence-electron chi connectivity index (χ3n) is 5.78. The molecule has 0 radical (unpaired) electrons. The molecule has 37 heavy (non-hydrogen) atoms. The van der Waals surface area contributed by atoms with Crippen LogP contribution in [0.1, 0.15) is 73.1 Å². The molecular weight excluding hydrogens is 506 g/mol. The van der Waals surface area contributed by atoms with Crippen molar-refractivity contribution in [3.8, 4) is 0 Å². The van der Waals surface area contributed by atoms with Crippen LogP contribution in [0.15, 0.2) is 30.3 Å². The first-order chi connectivity index (χ1) is 18.0. The molecule has 0 spiro atoms. The Morgan fingerprint density at radius 3 is 1.65 bits per heavy atom. The van der Waals surface area contributed by atoms with Crippen LogP contribution in [0.4, 0.5) is 0 Å². The Bertz CT molecular complexity index is 605. The number of rotatable bonds is 24. The van der Waals surface area contributed by atoms with Crippen molar-refractivity contribution in [2.75, 3.05) is 59.3 Å². The van der Waals surface area contributed by atoms with Crippen molar-refractivity contribution < 1.29 is 31.3 Å². The number of benzene rings is 1. The molecule has 217 valence electrons. The maximum atomic E-state index is 6.30. The topological polar surface area (TPSA) is 67.9 Å². The summed E-state index contributed by atoms with van der Waals surface area (Å²) in [6.45, 7) is 19.8. The van der Waals surface area contributed by atoms with E-state index in [0.29, 0.717) is 46.2 Å². The van der Waals surface area contributed by atoms with Crippen LogP contribution >= 0.6 is 0 Å². The molecule has 0 fully saturated rings. The van der Waals surface area contributed by atoms with Gasteiger partial charge >= 0.3 is 8.80 Å². The molecular formula is C27H53NO7Si2-. The molecule has 1 rings (SSSR count). The normalized spacial score (nSPS) is 13.4. The summed E-state index contributed by atoms with van der Waals surface area (Å²) in [6, 6.07) is 12.0. The van der Waals surface area contributed by atoms with Gasteiger partial charge in [-0.3, -0.25) is 4.90 Å². The summed E-state index contributed by atoms with van der Waals surface area (Å²) in [4.78, 5) is 2.41. The van der Waals surface area contributed by atoms with E-state index < -0.39 is 17.6 Å². The highest BCUT2D eigenvalue weighted by Crippen LogP contribution is 2.27. The zero-order valence-electron chi connectivity index (χ0n) is 24.5.